The normalized spacial score (nSPS) is 16.4. The van der Waals surface area contributed by atoms with Crippen LogP contribution >= 0.6 is 11.8 Å². The Morgan fingerprint density at radius 3 is 2.40 bits per heavy atom. The molecule has 2 heterocycles. The molecule has 1 aromatic heterocycles. The number of rotatable bonds is 6. The fourth-order valence-corrected chi connectivity index (χ4v) is 4.69. The van der Waals surface area contributed by atoms with E-state index in [9.17, 15) is 4.79 Å². The molecule has 2 aromatic carbocycles. The lowest BCUT2D eigenvalue weighted by atomic mass is 10.00. The van der Waals surface area contributed by atoms with Crippen LogP contribution in [0.5, 0.6) is 0 Å². The quantitative estimate of drug-likeness (QED) is 0.553. The molecule has 0 saturated heterocycles. The maximum atomic E-state index is 12.8. The van der Waals surface area contributed by atoms with Crippen LogP contribution in [-0.4, -0.2) is 44.4 Å². The minimum atomic E-state index is 0.152. The molecule has 3 aromatic rings. The lowest BCUT2D eigenvalue weighted by Gasteiger charge is -2.26. The van der Waals surface area contributed by atoms with Crippen LogP contribution in [0.25, 0.3) is 11.3 Å². The Kier molecular flexibility index (Phi) is 5.41. The lowest BCUT2D eigenvalue weighted by Crippen LogP contribution is -2.35. The second-order valence-corrected chi connectivity index (χ2v) is 8.70. The van der Waals surface area contributed by atoms with Gasteiger partial charge in [0, 0.05) is 24.7 Å². The van der Waals surface area contributed by atoms with Crippen molar-refractivity contribution in [1.82, 2.24) is 19.7 Å². The summed E-state index contributed by atoms with van der Waals surface area (Å²) >= 11 is 1.48. The summed E-state index contributed by atoms with van der Waals surface area (Å²) in [6, 6.07) is 20.6. The monoisotopic (exact) mass is 416 g/mol. The summed E-state index contributed by atoms with van der Waals surface area (Å²) in [5.74, 6) is 2.04. The first-order valence-corrected chi connectivity index (χ1v) is 11.4. The Morgan fingerprint density at radius 1 is 1.00 bits per heavy atom. The Hall–Kier alpha value is -2.86. The van der Waals surface area contributed by atoms with Gasteiger partial charge in [0.2, 0.25) is 5.91 Å². The summed E-state index contributed by atoms with van der Waals surface area (Å²) in [6.45, 7) is 1.43. The molecular weight excluding hydrogens is 392 g/mol. The SMILES string of the molecule is O=C(CSc1nnc(C2CC2)n1-c1ccccc1)N1CC=C(c2ccccc2)CC1. The van der Waals surface area contributed by atoms with Gasteiger partial charge in [0.15, 0.2) is 5.16 Å². The fourth-order valence-electron chi connectivity index (χ4n) is 3.83. The maximum Gasteiger partial charge on any atom is 0.233 e. The van der Waals surface area contributed by atoms with Crippen molar-refractivity contribution in [2.45, 2.75) is 30.3 Å². The number of carbonyl (C=O) groups excluding carboxylic acids is 1. The summed E-state index contributed by atoms with van der Waals surface area (Å²) in [5, 5.41) is 9.66. The predicted molar refractivity (Wildman–Crippen MR) is 120 cm³/mol. The number of benzene rings is 2. The van der Waals surface area contributed by atoms with E-state index in [1.165, 1.54) is 35.7 Å². The first kappa shape index (κ1) is 19.1. The smallest absolute Gasteiger partial charge is 0.233 e. The van der Waals surface area contributed by atoms with Crippen molar-refractivity contribution < 1.29 is 4.79 Å². The molecule has 5 rings (SSSR count). The van der Waals surface area contributed by atoms with Crippen molar-refractivity contribution in [2.24, 2.45) is 0 Å². The highest BCUT2D eigenvalue weighted by Crippen LogP contribution is 2.41. The molecular formula is C24H24N4OS. The van der Waals surface area contributed by atoms with Crippen LogP contribution in [-0.2, 0) is 4.79 Å². The molecule has 2 aliphatic rings. The highest BCUT2D eigenvalue weighted by Gasteiger charge is 2.31. The Labute approximate surface area is 180 Å². The molecule has 0 bridgehead atoms. The topological polar surface area (TPSA) is 51.0 Å². The third-order valence-corrected chi connectivity index (χ3v) is 6.56. The van der Waals surface area contributed by atoms with E-state index in [-0.39, 0.29) is 5.91 Å². The van der Waals surface area contributed by atoms with Gasteiger partial charge in [-0.3, -0.25) is 9.36 Å². The Balaban J connectivity index is 1.26. The second-order valence-electron chi connectivity index (χ2n) is 7.76. The molecule has 1 fully saturated rings. The lowest BCUT2D eigenvalue weighted by molar-refractivity contribution is -0.127. The summed E-state index contributed by atoms with van der Waals surface area (Å²) in [7, 11) is 0. The largest absolute Gasteiger partial charge is 0.338 e. The molecule has 1 amide bonds. The van der Waals surface area contributed by atoms with Gasteiger partial charge in [0.05, 0.1) is 5.75 Å². The number of para-hydroxylation sites is 1. The molecule has 0 unspecified atom stereocenters. The van der Waals surface area contributed by atoms with Crippen molar-refractivity contribution in [1.29, 1.82) is 0 Å². The van der Waals surface area contributed by atoms with Gasteiger partial charge in [-0.1, -0.05) is 66.4 Å². The van der Waals surface area contributed by atoms with Crippen LogP contribution in [0.15, 0.2) is 71.9 Å². The molecule has 1 aliphatic carbocycles. The summed E-state index contributed by atoms with van der Waals surface area (Å²) in [4.78, 5) is 14.8. The molecule has 0 atom stereocenters. The molecule has 0 spiro atoms. The number of nitrogens with zero attached hydrogens (tertiary/aromatic N) is 4. The first-order chi connectivity index (χ1) is 14.8. The van der Waals surface area contributed by atoms with Gasteiger partial charge in [-0.2, -0.15) is 0 Å². The van der Waals surface area contributed by atoms with Gasteiger partial charge in [0.25, 0.3) is 0 Å². The van der Waals surface area contributed by atoms with E-state index in [0.717, 1.165) is 29.6 Å². The minimum Gasteiger partial charge on any atom is -0.338 e. The van der Waals surface area contributed by atoms with Gasteiger partial charge >= 0.3 is 0 Å². The van der Waals surface area contributed by atoms with Crippen LogP contribution in [0, 0.1) is 0 Å². The van der Waals surface area contributed by atoms with Gasteiger partial charge in [-0.15, -0.1) is 10.2 Å². The average molecular weight is 417 g/mol. The van der Waals surface area contributed by atoms with Crippen LogP contribution in [0.3, 0.4) is 0 Å². The number of aromatic nitrogens is 3. The fraction of sp³-hybridized carbons (Fsp3) is 0.292. The number of carbonyl (C=O) groups is 1. The molecule has 0 N–H and O–H groups in total. The minimum absolute atomic E-state index is 0.152. The first-order valence-electron chi connectivity index (χ1n) is 10.5. The van der Waals surface area contributed by atoms with E-state index < -0.39 is 0 Å². The van der Waals surface area contributed by atoms with Gasteiger partial charge < -0.3 is 4.90 Å². The van der Waals surface area contributed by atoms with E-state index in [0.29, 0.717) is 18.2 Å². The average Bonchev–Trinajstić information content (AvgIpc) is 3.58. The van der Waals surface area contributed by atoms with Crippen LogP contribution in [0.2, 0.25) is 0 Å². The standard InChI is InChI=1S/C24H24N4OS/c29-22(27-15-13-19(14-16-27)18-7-3-1-4-8-18)17-30-24-26-25-23(20-11-12-20)28(24)21-9-5-2-6-10-21/h1-10,13,20H,11-12,14-17H2. The Bertz CT molecular complexity index is 1060. The highest BCUT2D eigenvalue weighted by molar-refractivity contribution is 7.99. The van der Waals surface area contributed by atoms with Crippen molar-refractivity contribution in [2.75, 3.05) is 18.8 Å². The van der Waals surface area contributed by atoms with E-state index in [4.69, 9.17) is 0 Å². The second kappa shape index (κ2) is 8.48. The number of thioether (sulfide) groups is 1. The molecule has 5 nitrogen and oxygen atoms in total. The molecule has 1 saturated carbocycles. The van der Waals surface area contributed by atoms with Gasteiger partial charge in [-0.25, -0.2) is 0 Å². The van der Waals surface area contributed by atoms with E-state index >= 15 is 0 Å². The predicted octanol–water partition coefficient (Wildman–Crippen LogP) is 4.55. The molecule has 1 aliphatic heterocycles. The van der Waals surface area contributed by atoms with Crippen LogP contribution < -0.4 is 0 Å². The van der Waals surface area contributed by atoms with Crippen molar-refractivity contribution >= 4 is 23.2 Å². The third-order valence-electron chi connectivity index (χ3n) is 5.65. The summed E-state index contributed by atoms with van der Waals surface area (Å²) in [6.07, 6.45) is 5.41. The van der Waals surface area contributed by atoms with E-state index in [1.807, 2.05) is 29.2 Å². The van der Waals surface area contributed by atoms with Crippen molar-refractivity contribution in [3.8, 4) is 5.69 Å². The zero-order chi connectivity index (χ0) is 20.3. The molecule has 6 heteroatoms. The zero-order valence-corrected chi connectivity index (χ0v) is 17.6. The van der Waals surface area contributed by atoms with Crippen molar-refractivity contribution in [3.05, 3.63) is 78.1 Å². The summed E-state index contributed by atoms with van der Waals surface area (Å²) in [5.41, 5.74) is 3.64. The number of amides is 1. The number of hydrogen-bond donors (Lipinski definition) is 0. The van der Waals surface area contributed by atoms with Gasteiger partial charge in [0.1, 0.15) is 5.82 Å². The molecule has 30 heavy (non-hydrogen) atoms. The molecule has 152 valence electrons. The zero-order valence-electron chi connectivity index (χ0n) is 16.8. The van der Waals surface area contributed by atoms with Crippen LogP contribution in [0.1, 0.15) is 36.6 Å². The highest BCUT2D eigenvalue weighted by atomic mass is 32.2. The summed E-state index contributed by atoms with van der Waals surface area (Å²) < 4.78 is 2.12. The number of hydrogen-bond acceptors (Lipinski definition) is 4. The third kappa shape index (κ3) is 4.05. The van der Waals surface area contributed by atoms with E-state index in [1.54, 1.807) is 0 Å². The van der Waals surface area contributed by atoms with E-state index in [2.05, 4.69) is 57.2 Å². The van der Waals surface area contributed by atoms with Crippen molar-refractivity contribution in [3.63, 3.8) is 0 Å². The maximum absolute atomic E-state index is 12.8. The molecule has 0 radical (unpaired) electrons. The Morgan fingerprint density at radius 2 is 1.73 bits per heavy atom. The van der Waals surface area contributed by atoms with Crippen LogP contribution in [0.4, 0.5) is 0 Å². The van der Waals surface area contributed by atoms with Gasteiger partial charge in [-0.05, 0) is 42.5 Å².